The minimum Gasteiger partial charge on any atom is -0.465 e. The number of carbonyl (C=O) groups excluding carboxylic acids is 3. The highest BCUT2D eigenvalue weighted by Gasteiger charge is 2.15. The number of hydrogen-bond donors (Lipinski definition) is 2. The van der Waals surface area contributed by atoms with E-state index < -0.39 is 17.7 Å². The number of anilines is 2. The van der Waals surface area contributed by atoms with Crippen molar-refractivity contribution < 1.29 is 23.5 Å². The fourth-order valence-electron chi connectivity index (χ4n) is 2.58. The maximum absolute atomic E-state index is 12.9. The molecule has 3 aromatic rings. The van der Waals surface area contributed by atoms with Crippen LogP contribution in [-0.2, 0) is 4.74 Å². The quantitative estimate of drug-likeness (QED) is 0.640. The van der Waals surface area contributed by atoms with Crippen LogP contribution >= 0.6 is 0 Å². The molecule has 7 heteroatoms. The molecular weight excluding hydrogens is 375 g/mol. The summed E-state index contributed by atoms with van der Waals surface area (Å²) in [6.07, 6.45) is 0. The van der Waals surface area contributed by atoms with Crippen molar-refractivity contribution >= 4 is 29.2 Å². The molecule has 0 saturated heterocycles. The summed E-state index contributed by atoms with van der Waals surface area (Å²) in [5.41, 5.74) is 1.66. The summed E-state index contributed by atoms with van der Waals surface area (Å²) >= 11 is 0. The van der Waals surface area contributed by atoms with E-state index in [0.29, 0.717) is 22.5 Å². The fraction of sp³-hybridized carbons (Fsp3) is 0.0455. The second kappa shape index (κ2) is 8.79. The van der Waals surface area contributed by atoms with Gasteiger partial charge in [-0.1, -0.05) is 12.1 Å². The van der Waals surface area contributed by atoms with Crippen LogP contribution < -0.4 is 10.6 Å². The van der Waals surface area contributed by atoms with E-state index in [0.717, 1.165) is 0 Å². The normalized spacial score (nSPS) is 10.1. The van der Waals surface area contributed by atoms with Gasteiger partial charge >= 0.3 is 5.97 Å². The summed E-state index contributed by atoms with van der Waals surface area (Å²) in [4.78, 5) is 36.6. The Hall–Kier alpha value is -4.00. The molecule has 0 bridgehead atoms. The topological polar surface area (TPSA) is 84.5 Å². The Bertz CT molecular complexity index is 1050. The van der Waals surface area contributed by atoms with Crippen LogP contribution in [0.2, 0.25) is 0 Å². The smallest absolute Gasteiger partial charge is 0.339 e. The molecule has 0 aliphatic heterocycles. The van der Waals surface area contributed by atoms with Crippen LogP contribution in [0.1, 0.15) is 31.1 Å². The lowest BCUT2D eigenvalue weighted by molar-refractivity contribution is 0.0601. The van der Waals surface area contributed by atoms with Crippen LogP contribution in [0.5, 0.6) is 0 Å². The Kier molecular flexibility index (Phi) is 5.99. The van der Waals surface area contributed by atoms with Crippen LogP contribution in [0.25, 0.3) is 0 Å². The Morgan fingerprint density at radius 2 is 1.31 bits per heavy atom. The molecule has 2 N–H and O–H groups in total. The molecule has 29 heavy (non-hydrogen) atoms. The lowest BCUT2D eigenvalue weighted by Crippen LogP contribution is -2.16. The predicted octanol–water partition coefficient (Wildman–Crippen LogP) is 4.12. The molecule has 146 valence electrons. The summed E-state index contributed by atoms with van der Waals surface area (Å²) in [6.45, 7) is 0. The second-order valence-corrected chi connectivity index (χ2v) is 6.03. The molecule has 0 aliphatic carbocycles. The molecule has 6 nitrogen and oxygen atoms in total. The van der Waals surface area contributed by atoms with Gasteiger partial charge in [0, 0.05) is 16.8 Å². The van der Waals surface area contributed by atoms with Gasteiger partial charge in [0.25, 0.3) is 11.8 Å². The third-order valence-corrected chi connectivity index (χ3v) is 4.09. The summed E-state index contributed by atoms with van der Waals surface area (Å²) in [7, 11) is 1.26. The van der Waals surface area contributed by atoms with Crippen molar-refractivity contribution in [1.29, 1.82) is 0 Å². The van der Waals surface area contributed by atoms with Crippen LogP contribution in [0.15, 0.2) is 72.8 Å². The number of amides is 2. The van der Waals surface area contributed by atoms with Crippen molar-refractivity contribution in [3.63, 3.8) is 0 Å². The van der Waals surface area contributed by atoms with E-state index in [2.05, 4.69) is 10.6 Å². The third-order valence-electron chi connectivity index (χ3n) is 4.09. The zero-order valence-corrected chi connectivity index (χ0v) is 15.4. The molecule has 0 fully saturated rings. The fourth-order valence-corrected chi connectivity index (χ4v) is 2.58. The first-order chi connectivity index (χ1) is 14.0. The van der Waals surface area contributed by atoms with Gasteiger partial charge in [0.05, 0.1) is 18.4 Å². The first-order valence-corrected chi connectivity index (χ1v) is 8.63. The maximum Gasteiger partial charge on any atom is 0.339 e. The molecule has 0 aliphatic rings. The van der Waals surface area contributed by atoms with Gasteiger partial charge in [0.15, 0.2) is 0 Å². The van der Waals surface area contributed by atoms with E-state index >= 15 is 0 Å². The SMILES string of the molecule is COC(=O)c1ccccc1NC(=O)c1ccc(C(=O)Nc2ccc(F)cc2)cc1. The summed E-state index contributed by atoms with van der Waals surface area (Å²) in [5.74, 6) is -1.78. The number of halogens is 1. The monoisotopic (exact) mass is 392 g/mol. The molecule has 0 atom stereocenters. The summed E-state index contributed by atoms with van der Waals surface area (Å²) in [5, 5.41) is 5.30. The number of methoxy groups -OCH3 is 1. The lowest BCUT2D eigenvalue weighted by atomic mass is 10.1. The minimum atomic E-state index is -0.561. The second-order valence-electron chi connectivity index (χ2n) is 6.03. The average Bonchev–Trinajstić information content (AvgIpc) is 2.75. The van der Waals surface area contributed by atoms with Crippen molar-refractivity contribution in [2.45, 2.75) is 0 Å². The Morgan fingerprint density at radius 3 is 1.90 bits per heavy atom. The van der Waals surface area contributed by atoms with Gasteiger partial charge in [0.1, 0.15) is 5.82 Å². The van der Waals surface area contributed by atoms with Crippen molar-refractivity contribution in [2.24, 2.45) is 0 Å². The van der Waals surface area contributed by atoms with Gasteiger partial charge < -0.3 is 15.4 Å². The first-order valence-electron chi connectivity index (χ1n) is 8.63. The number of hydrogen-bond acceptors (Lipinski definition) is 4. The van der Waals surface area contributed by atoms with Gasteiger partial charge in [-0.15, -0.1) is 0 Å². The Labute approximate surface area is 166 Å². The Balaban J connectivity index is 1.70. The summed E-state index contributed by atoms with van der Waals surface area (Å²) < 4.78 is 17.6. The van der Waals surface area contributed by atoms with Crippen molar-refractivity contribution in [3.05, 3.63) is 95.3 Å². The van der Waals surface area contributed by atoms with E-state index in [1.165, 1.54) is 55.6 Å². The standard InChI is InChI=1S/C22H17FN2O4/c1-29-22(28)18-4-2-3-5-19(18)25-21(27)15-8-6-14(7-9-15)20(26)24-17-12-10-16(23)11-13-17/h2-13H,1H3,(H,24,26)(H,25,27). The molecule has 0 unspecified atom stereocenters. The molecule has 0 spiro atoms. The molecule has 3 rings (SSSR count). The number of nitrogens with one attached hydrogen (secondary N) is 2. The molecular formula is C22H17FN2O4. The van der Waals surface area contributed by atoms with Crippen LogP contribution in [-0.4, -0.2) is 24.9 Å². The van der Waals surface area contributed by atoms with Crippen molar-refractivity contribution in [1.82, 2.24) is 0 Å². The molecule has 0 heterocycles. The van der Waals surface area contributed by atoms with E-state index in [-0.39, 0.29) is 11.5 Å². The minimum absolute atomic E-state index is 0.235. The molecule has 0 radical (unpaired) electrons. The average molecular weight is 392 g/mol. The highest BCUT2D eigenvalue weighted by molar-refractivity contribution is 6.09. The van der Waals surface area contributed by atoms with Crippen LogP contribution in [0.3, 0.4) is 0 Å². The van der Waals surface area contributed by atoms with Gasteiger partial charge in [-0.25, -0.2) is 9.18 Å². The number of esters is 1. The summed E-state index contributed by atoms with van der Waals surface area (Å²) in [6, 6.07) is 17.9. The largest absolute Gasteiger partial charge is 0.465 e. The third kappa shape index (κ3) is 4.84. The van der Waals surface area contributed by atoms with Crippen molar-refractivity contribution in [2.75, 3.05) is 17.7 Å². The van der Waals surface area contributed by atoms with Crippen LogP contribution in [0, 0.1) is 5.82 Å². The molecule has 0 aromatic heterocycles. The first kappa shape index (κ1) is 19.8. The van der Waals surface area contributed by atoms with Gasteiger partial charge in [0.2, 0.25) is 0 Å². The van der Waals surface area contributed by atoms with Crippen molar-refractivity contribution in [3.8, 4) is 0 Å². The number of benzene rings is 3. The van der Waals surface area contributed by atoms with E-state index in [4.69, 9.17) is 4.74 Å². The van der Waals surface area contributed by atoms with E-state index in [9.17, 15) is 18.8 Å². The number of para-hydroxylation sites is 1. The molecule has 3 aromatic carbocycles. The zero-order chi connectivity index (χ0) is 20.8. The van der Waals surface area contributed by atoms with E-state index in [1.807, 2.05) is 0 Å². The highest BCUT2D eigenvalue weighted by atomic mass is 19.1. The Morgan fingerprint density at radius 1 is 0.759 bits per heavy atom. The maximum atomic E-state index is 12.9. The molecule has 0 saturated carbocycles. The van der Waals surface area contributed by atoms with Crippen LogP contribution in [0.4, 0.5) is 15.8 Å². The number of carbonyl (C=O) groups is 3. The predicted molar refractivity (Wildman–Crippen MR) is 107 cm³/mol. The van der Waals surface area contributed by atoms with Gasteiger partial charge in [-0.2, -0.15) is 0 Å². The molecule has 2 amide bonds. The lowest BCUT2D eigenvalue weighted by Gasteiger charge is -2.10. The highest BCUT2D eigenvalue weighted by Crippen LogP contribution is 2.18. The van der Waals surface area contributed by atoms with Gasteiger partial charge in [-0.05, 0) is 60.7 Å². The van der Waals surface area contributed by atoms with Gasteiger partial charge in [-0.3, -0.25) is 9.59 Å². The number of rotatable bonds is 5. The van der Waals surface area contributed by atoms with E-state index in [1.54, 1.807) is 24.3 Å². The number of ether oxygens (including phenoxy) is 1. The zero-order valence-electron chi connectivity index (χ0n) is 15.4.